The van der Waals surface area contributed by atoms with Crippen molar-refractivity contribution < 1.29 is 29.9 Å². The van der Waals surface area contributed by atoms with E-state index in [0.29, 0.717) is 11.3 Å². The Kier molecular flexibility index (Phi) is 5.66. The third kappa shape index (κ3) is 3.67. The maximum Gasteiger partial charge on any atom is 0.229 e. The minimum Gasteiger partial charge on any atom is -0.461 e. The number of benzene rings is 2. The van der Waals surface area contributed by atoms with E-state index in [-0.39, 0.29) is 0 Å². The Morgan fingerprint density at radius 1 is 1.07 bits per heavy atom. The summed E-state index contributed by atoms with van der Waals surface area (Å²) in [5, 5.41) is 40.2. The van der Waals surface area contributed by atoms with Crippen molar-refractivity contribution in [2.75, 3.05) is 6.61 Å². The SMILES string of the molecule is OC[C@H]1O[C@@H](Oc2ccc(Br)cc2-c2nc3ccccc3s2)[C@H](O)[C@@H](O)[C@H]1O. The van der Waals surface area contributed by atoms with Crippen LogP contribution in [0, 0.1) is 0 Å². The maximum atomic E-state index is 10.2. The van der Waals surface area contributed by atoms with Crippen molar-refractivity contribution in [2.45, 2.75) is 30.7 Å². The second kappa shape index (κ2) is 8.03. The number of aliphatic hydroxyl groups is 4. The molecule has 7 nitrogen and oxygen atoms in total. The zero-order valence-electron chi connectivity index (χ0n) is 14.5. The van der Waals surface area contributed by atoms with Crippen LogP contribution in [0.3, 0.4) is 0 Å². The summed E-state index contributed by atoms with van der Waals surface area (Å²) in [7, 11) is 0. The first-order valence-electron chi connectivity index (χ1n) is 8.60. The molecule has 3 aromatic rings. The van der Waals surface area contributed by atoms with Crippen molar-refractivity contribution in [3.8, 4) is 16.3 Å². The van der Waals surface area contributed by atoms with Gasteiger partial charge in [-0.25, -0.2) is 4.98 Å². The van der Waals surface area contributed by atoms with Gasteiger partial charge in [0.15, 0.2) is 0 Å². The van der Waals surface area contributed by atoms with E-state index < -0.39 is 37.3 Å². The first-order chi connectivity index (χ1) is 13.5. The Morgan fingerprint density at radius 2 is 1.86 bits per heavy atom. The molecular formula is C19H18BrNO6S. The summed E-state index contributed by atoms with van der Waals surface area (Å²) < 4.78 is 13.1. The predicted octanol–water partition coefficient (Wildman–Crippen LogP) is 1.90. The van der Waals surface area contributed by atoms with Crippen molar-refractivity contribution in [3.63, 3.8) is 0 Å². The minimum atomic E-state index is -1.50. The molecule has 0 spiro atoms. The van der Waals surface area contributed by atoms with Crippen LogP contribution in [-0.2, 0) is 4.74 Å². The lowest BCUT2D eigenvalue weighted by atomic mass is 9.99. The molecule has 1 fully saturated rings. The van der Waals surface area contributed by atoms with Gasteiger partial charge in [0.05, 0.1) is 22.4 Å². The Balaban J connectivity index is 1.69. The van der Waals surface area contributed by atoms with Gasteiger partial charge in [0.25, 0.3) is 0 Å². The molecule has 0 aliphatic carbocycles. The summed E-state index contributed by atoms with van der Waals surface area (Å²) in [6, 6.07) is 13.1. The molecule has 4 rings (SSSR count). The molecule has 148 valence electrons. The molecule has 2 heterocycles. The van der Waals surface area contributed by atoms with Gasteiger partial charge in [-0.3, -0.25) is 0 Å². The number of aliphatic hydroxyl groups excluding tert-OH is 4. The molecule has 5 atom stereocenters. The molecule has 1 saturated heterocycles. The van der Waals surface area contributed by atoms with Crippen molar-refractivity contribution in [1.29, 1.82) is 0 Å². The number of para-hydroxylation sites is 1. The van der Waals surface area contributed by atoms with E-state index in [9.17, 15) is 20.4 Å². The Hall–Kier alpha value is -1.59. The Morgan fingerprint density at radius 3 is 2.61 bits per heavy atom. The van der Waals surface area contributed by atoms with Gasteiger partial charge in [0.1, 0.15) is 35.2 Å². The topological polar surface area (TPSA) is 112 Å². The highest BCUT2D eigenvalue weighted by molar-refractivity contribution is 9.10. The van der Waals surface area contributed by atoms with Crippen LogP contribution in [-0.4, -0.2) is 62.7 Å². The first kappa shape index (κ1) is 19.7. The molecule has 0 bridgehead atoms. The van der Waals surface area contributed by atoms with Crippen LogP contribution in [0.1, 0.15) is 0 Å². The number of fused-ring (bicyclic) bond motifs is 1. The van der Waals surface area contributed by atoms with E-state index in [1.165, 1.54) is 11.3 Å². The third-order valence-electron chi connectivity index (χ3n) is 4.56. The quantitative estimate of drug-likeness (QED) is 0.463. The van der Waals surface area contributed by atoms with Crippen LogP contribution in [0.2, 0.25) is 0 Å². The van der Waals surface area contributed by atoms with Gasteiger partial charge in [-0.1, -0.05) is 28.1 Å². The van der Waals surface area contributed by atoms with E-state index in [1.807, 2.05) is 30.3 Å². The van der Waals surface area contributed by atoms with Crippen LogP contribution >= 0.6 is 27.3 Å². The van der Waals surface area contributed by atoms with E-state index in [2.05, 4.69) is 20.9 Å². The molecule has 0 amide bonds. The smallest absolute Gasteiger partial charge is 0.229 e. The van der Waals surface area contributed by atoms with Gasteiger partial charge in [0.2, 0.25) is 6.29 Å². The van der Waals surface area contributed by atoms with Gasteiger partial charge in [-0.05, 0) is 30.3 Å². The number of rotatable bonds is 4. The van der Waals surface area contributed by atoms with Crippen molar-refractivity contribution in [3.05, 3.63) is 46.9 Å². The van der Waals surface area contributed by atoms with Crippen LogP contribution in [0.15, 0.2) is 46.9 Å². The van der Waals surface area contributed by atoms with Crippen molar-refractivity contribution in [2.24, 2.45) is 0 Å². The highest BCUT2D eigenvalue weighted by atomic mass is 79.9. The largest absolute Gasteiger partial charge is 0.461 e. The minimum absolute atomic E-state index is 0.395. The summed E-state index contributed by atoms with van der Waals surface area (Å²) in [5.74, 6) is 0.395. The fourth-order valence-electron chi connectivity index (χ4n) is 3.05. The molecule has 28 heavy (non-hydrogen) atoms. The van der Waals surface area contributed by atoms with Crippen LogP contribution in [0.4, 0.5) is 0 Å². The average Bonchev–Trinajstić information content (AvgIpc) is 3.13. The summed E-state index contributed by atoms with van der Waals surface area (Å²) in [6.07, 6.45) is -6.72. The monoisotopic (exact) mass is 467 g/mol. The van der Waals surface area contributed by atoms with E-state index in [1.54, 1.807) is 12.1 Å². The fraction of sp³-hybridized carbons (Fsp3) is 0.316. The molecule has 2 aromatic carbocycles. The third-order valence-corrected chi connectivity index (χ3v) is 6.12. The fourth-order valence-corrected chi connectivity index (χ4v) is 4.40. The summed E-state index contributed by atoms with van der Waals surface area (Å²) in [5.41, 5.74) is 1.55. The van der Waals surface area contributed by atoms with E-state index >= 15 is 0 Å². The lowest BCUT2D eigenvalue weighted by Crippen LogP contribution is -2.60. The van der Waals surface area contributed by atoms with Gasteiger partial charge in [-0.15, -0.1) is 11.3 Å². The second-order valence-electron chi connectivity index (χ2n) is 6.44. The van der Waals surface area contributed by atoms with Gasteiger partial charge < -0.3 is 29.9 Å². The normalized spacial score (nSPS) is 27.8. The molecule has 1 aromatic heterocycles. The molecule has 0 saturated carbocycles. The maximum absolute atomic E-state index is 10.2. The Labute approximate surface area is 172 Å². The summed E-state index contributed by atoms with van der Waals surface area (Å²) in [4.78, 5) is 4.64. The number of halogens is 1. The zero-order chi connectivity index (χ0) is 19.8. The van der Waals surface area contributed by atoms with E-state index in [0.717, 1.165) is 19.7 Å². The van der Waals surface area contributed by atoms with Gasteiger partial charge in [-0.2, -0.15) is 0 Å². The molecule has 1 aliphatic rings. The number of nitrogens with zero attached hydrogens (tertiary/aromatic N) is 1. The lowest BCUT2D eigenvalue weighted by molar-refractivity contribution is -0.277. The number of hydrogen-bond donors (Lipinski definition) is 4. The standard InChI is InChI=1S/C19H18BrNO6S/c20-9-5-6-12(26-19-17(25)16(24)15(23)13(8-22)27-19)10(7-9)18-21-11-3-1-2-4-14(11)28-18/h1-7,13,15-17,19,22-25H,8H2/t13-,15+,16+,17-,19-/m1/s1. The van der Waals surface area contributed by atoms with Crippen molar-refractivity contribution >= 4 is 37.5 Å². The van der Waals surface area contributed by atoms with Crippen molar-refractivity contribution in [1.82, 2.24) is 4.98 Å². The van der Waals surface area contributed by atoms with E-state index in [4.69, 9.17) is 9.47 Å². The number of hydrogen-bond acceptors (Lipinski definition) is 8. The first-order valence-corrected chi connectivity index (χ1v) is 10.2. The number of ether oxygens (including phenoxy) is 2. The molecule has 0 unspecified atom stereocenters. The second-order valence-corrected chi connectivity index (χ2v) is 8.39. The Bertz CT molecular complexity index is 947. The number of aromatic nitrogens is 1. The average molecular weight is 468 g/mol. The molecule has 0 radical (unpaired) electrons. The zero-order valence-corrected chi connectivity index (χ0v) is 16.9. The molecular weight excluding hydrogens is 450 g/mol. The summed E-state index contributed by atoms with van der Waals surface area (Å²) in [6.45, 7) is -0.518. The van der Waals surface area contributed by atoms with Gasteiger partial charge >= 0.3 is 0 Å². The van der Waals surface area contributed by atoms with Crippen LogP contribution in [0.25, 0.3) is 20.8 Å². The van der Waals surface area contributed by atoms with Crippen LogP contribution in [0.5, 0.6) is 5.75 Å². The molecule has 9 heteroatoms. The highest BCUT2D eigenvalue weighted by Crippen LogP contribution is 2.38. The van der Waals surface area contributed by atoms with Gasteiger partial charge in [0, 0.05) is 4.47 Å². The van der Waals surface area contributed by atoms with Crippen LogP contribution < -0.4 is 4.74 Å². The predicted molar refractivity (Wildman–Crippen MR) is 107 cm³/mol. The highest BCUT2D eigenvalue weighted by Gasteiger charge is 2.44. The summed E-state index contributed by atoms with van der Waals surface area (Å²) >= 11 is 4.94. The number of thiazole rings is 1. The lowest BCUT2D eigenvalue weighted by Gasteiger charge is -2.39. The molecule has 1 aliphatic heterocycles. The molecule has 4 N–H and O–H groups in total.